The Morgan fingerprint density at radius 1 is 1.78 bits per heavy atom. The lowest BCUT2D eigenvalue weighted by Crippen LogP contribution is -2.08. The maximum absolute atomic E-state index is 10.6. The first-order valence-electron chi connectivity index (χ1n) is 2.41. The molecule has 0 spiro atoms. The van der Waals surface area contributed by atoms with Gasteiger partial charge in [-0.2, -0.15) is 0 Å². The summed E-state index contributed by atoms with van der Waals surface area (Å²) >= 11 is 5.37. The summed E-state index contributed by atoms with van der Waals surface area (Å²) in [6, 6.07) is 0. The van der Waals surface area contributed by atoms with Crippen LogP contribution in [0.4, 0.5) is 0 Å². The molecule has 1 rings (SSSR count). The number of halogens is 1. The van der Waals surface area contributed by atoms with Gasteiger partial charge in [-0.25, -0.2) is 4.98 Å². The second-order valence-corrected chi connectivity index (χ2v) is 2.05. The fraction of sp³-hybridized carbons (Fsp3) is 0.200. The van der Waals surface area contributed by atoms with Crippen LogP contribution >= 0.6 is 11.6 Å². The van der Waals surface area contributed by atoms with Crippen molar-refractivity contribution in [3.05, 3.63) is 27.4 Å². The Morgan fingerprint density at radius 2 is 2.44 bits per heavy atom. The van der Waals surface area contributed by atoms with E-state index in [1.165, 1.54) is 6.20 Å². The molecule has 0 aromatic carbocycles. The molecule has 0 fully saturated rings. The summed E-state index contributed by atoms with van der Waals surface area (Å²) in [7, 11) is 0. The zero-order valence-electron chi connectivity index (χ0n) is 4.81. The van der Waals surface area contributed by atoms with Crippen molar-refractivity contribution in [1.29, 1.82) is 0 Å². The normalized spacial score (nSPS) is 9.56. The van der Waals surface area contributed by atoms with Crippen molar-refractivity contribution in [3.63, 3.8) is 0 Å². The molecule has 0 atom stereocenters. The molecule has 0 aliphatic carbocycles. The summed E-state index contributed by atoms with van der Waals surface area (Å²) in [5.41, 5.74) is -0.288. The topological polar surface area (TPSA) is 45.8 Å². The zero-order chi connectivity index (χ0) is 6.85. The van der Waals surface area contributed by atoms with Crippen LogP contribution in [-0.4, -0.2) is 9.97 Å². The summed E-state index contributed by atoms with van der Waals surface area (Å²) in [4.78, 5) is 16.8. The predicted octanol–water partition coefficient (Wildman–Crippen LogP) is 0.732. The highest BCUT2D eigenvalue weighted by Crippen LogP contribution is 1.94. The summed E-state index contributed by atoms with van der Waals surface area (Å²) in [6.07, 6.45) is 1.33. The van der Waals surface area contributed by atoms with Crippen LogP contribution in [0.5, 0.6) is 0 Å². The van der Waals surface area contributed by atoms with E-state index in [0.717, 1.165) is 0 Å². The quantitative estimate of drug-likeness (QED) is 0.584. The van der Waals surface area contributed by atoms with Gasteiger partial charge in [-0.3, -0.25) is 4.79 Å². The Morgan fingerprint density at radius 3 is 2.89 bits per heavy atom. The molecule has 0 bridgehead atoms. The van der Waals surface area contributed by atoms with E-state index in [0.29, 0.717) is 5.82 Å². The molecule has 48 valence electrons. The Kier molecular flexibility index (Phi) is 1.53. The molecule has 0 amide bonds. The van der Waals surface area contributed by atoms with E-state index in [-0.39, 0.29) is 10.6 Å². The lowest BCUT2D eigenvalue weighted by molar-refractivity contribution is 1.02. The summed E-state index contributed by atoms with van der Waals surface area (Å²) < 4.78 is 0. The zero-order valence-corrected chi connectivity index (χ0v) is 5.57. The van der Waals surface area contributed by atoms with Gasteiger partial charge >= 0.3 is 0 Å². The molecule has 0 saturated carbocycles. The lowest BCUT2D eigenvalue weighted by atomic mass is 10.6. The van der Waals surface area contributed by atoms with E-state index >= 15 is 0 Å². The molecule has 0 saturated heterocycles. The predicted molar refractivity (Wildman–Crippen MR) is 34.6 cm³/mol. The molecule has 0 aliphatic rings. The van der Waals surface area contributed by atoms with Crippen LogP contribution in [0.15, 0.2) is 11.0 Å². The standard InChI is InChI=1S/C5H5ClN2O/c1-3-7-2-4(6)5(9)8-3/h2H,1H3,(H,7,8,9). The monoisotopic (exact) mass is 144 g/mol. The molecular weight excluding hydrogens is 140 g/mol. The molecule has 1 N–H and O–H groups in total. The van der Waals surface area contributed by atoms with Crippen LogP contribution in [0.1, 0.15) is 5.82 Å². The average Bonchev–Trinajstić information content (AvgIpc) is 1.80. The Hall–Kier alpha value is -0.830. The van der Waals surface area contributed by atoms with Gasteiger partial charge in [0.1, 0.15) is 10.8 Å². The minimum Gasteiger partial charge on any atom is -0.310 e. The number of aromatic amines is 1. The number of rotatable bonds is 0. The molecule has 9 heavy (non-hydrogen) atoms. The van der Waals surface area contributed by atoms with Crippen molar-refractivity contribution >= 4 is 11.6 Å². The third-order valence-corrected chi connectivity index (χ3v) is 1.15. The number of hydrogen-bond acceptors (Lipinski definition) is 2. The second-order valence-electron chi connectivity index (χ2n) is 1.65. The van der Waals surface area contributed by atoms with Gasteiger partial charge in [0.25, 0.3) is 5.56 Å². The van der Waals surface area contributed by atoms with Crippen LogP contribution in [0.2, 0.25) is 5.02 Å². The highest BCUT2D eigenvalue weighted by Gasteiger charge is 1.92. The molecule has 0 unspecified atom stereocenters. The molecule has 3 nitrogen and oxygen atoms in total. The maximum Gasteiger partial charge on any atom is 0.269 e. The summed E-state index contributed by atoms with van der Waals surface area (Å²) in [5, 5.41) is 0.126. The summed E-state index contributed by atoms with van der Waals surface area (Å²) in [5.74, 6) is 0.574. The second kappa shape index (κ2) is 2.19. The van der Waals surface area contributed by atoms with E-state index in [1.54, 1.807) is 6.92 Å². The van der Waals surface area contributed by atoms with Gasteiger partial charge in [0.15, 0.2) is 0 Å². The first kappa shape index (κ1) is 6.29. The highest BCUT2D eigenvalue weighted by molar-refractivity contribution is 6.30. The Bertz CT molecular complexity index is 268. The summed E-state index contributed by atoms with van der Waals surface area (Å²) in [6.45, 7) is 1.69. The van der Waals surface area contributed by atoms with Gasteiger partial charge in [-0.1, -0.05) is 11.6 Å². The number of nitrogens with one attached hydrogen (secondary N) is 1. The van der Waals surface area contributed by atoms with Crippen LogP contribution in [-0.2, 0) is 0 Å². The minimum absolute atomic E-state index is 0.126. The Balaban J connectivity index is 3.34. The van der Waals surface area contributed by atoms with E-state index in [4.69, 9.17) is 11.6 Å². The fourth-order valence-electron chi connectivity index (χ4n) is 0.468. The van der Waals surface area contributed by atoms with Crippen LogP contribution in [0.3, 0.4) is 0 Å². The molecule has 0 aliphatic heterocycles. The van der Waals surface area contributed by atoms with Crippen molar-refractivity contribution in [1.82, 2.24) is 9.97 Å². The fourth-order valence-corrected chi connectivity index (χ4v) is 0.564. The van der Waals surface area contributed by atoms with Gasteiger partial charge in [-0.15, -0.1) is 0 Å². The molecule has 4 heteroatoms. The molecular formula is C5H5ClN2O. The van der Waals surface area contributed by atoms with Gasteiger partial charge in [-0.05, 0) is 6.92 Å². The largest absolute Gasteiger partial charge is 0.310 e. The molecule has 0 radical (unpaired) electrons. The SMILES string of the molecule is Cc1ncc(Cl)c(=O)[nH]1. The van der Waals surface area contributed by atoms with E-state index in [1.807, 2.05) is 0 Å². The molecule has 1 aromatic heterocycles. The number of hydrogen-bond donors (Lipinski definition) is 1. The number of aryl methyl sites for hydroxylation is 1. The molecule has 1 heterocycles. The maximum atomic E-state index is 10.6. The highest BCUT2D eigenvalue weighted by atomic mass is 35.5. The minimum atomic E-state index is -0.288. The number of nitrogens with zero attached hydrogens (tertiary/aromatic N) is 1. The van der Waals surface area contributed by atoms with E-state index in [9.17, 15) is 4.79 Å². The van der Waals surface area contributed by atoms with Crippen molar-refractivity contribution in [2.24, 2.45) is 0 Å². The number of H-pyrrole nitrogens is 1. The third kappa shape index (κ3) is 1.29. The van der Waals surface area contributed by atoms with Crippen molar-refractivity contribution in [2.75, 3.05) is 0 Å². The smallest absolute Gasteiger partial charge is 0.269 e. The third-order valence-electron chi connectivity index (χ3n) is 0.883. The van der Waals surface area contributed by atoms with Crippen LogP contribution in [0.25, 0.3) is 0 Å². The van der Waals surface area contributed by atoms with E-state index < -0.39 is 0 Å². The van der Waals surface area contributed by atoms with Gasteiger partial charge in [0, 0.05) is 0 Å². The first-order valence-corrected chi connectivity index (χ1v) is 2.79. The van der Waals surface area contributed by atoms with Gasteiger partial charge < -0.3 is 4.98 Å². The Labute approximate surface area is 56.7 Å². The van der Waals surface area contributed by atoms with Crippen molar-refractivity contribution in [2.45, 2.75) is 6.92 Å². The van der Waals surface area contributed by atoms with Gasteiger partial charge in [0.05, 0.1) is 6.20 Å². The van der Waals surface area contributed by atoms with Crippen molar-refractivity contribution in [3.8, 4) is 0 Å². The van der Waals surface area contributed by atoms with Crippen LogP contribution in [0, 0.1) is 6.92 Å². The van der Waals surface area contributed by atoms with Crippen LogP contribution < -0.4 is 5.56 Å². The van der Waals surface area contributed by atoms with E-state index in [2.05, 4.69) is 9.97 Å². The van der Waals surface area contributed by atoms with Crippen molar-refractivity contribution < 1.29 is 0 Å². The first-order chi connectivity index (χ1) is 4.20. The lowest BCUT2D eigenvalue weighted by Gasteiger charge is -1.88. The average molecular weight is 145 g/mol. The molecule has 1 aromatic rings. The van der Waals surface area contributed by atoms with Gasteiger partial charge in [0.2, 0.25) is 0 Å². The number of aromatic nitrogens is 2.